The van der Waals surface area contributed by atoms with Crippen LogP contribution < -0.4 is 4.74 Å². The third kappa shape index (κ3) is 1.78. The van der Waals surface area contributed by atoms with Gasteiger partial charge in [0.25, 0.3) is 0 Å². The Hall–Kier alpha value is -1.55. The largest absolute Gasteiger partial charge is 0.496 e. The molecule has 0 amide bonds. The number of carboxylic acid groups (broad SMARTS) is 1. The van der Waals surface area contributed by atoms with Crippen molar-refractivity contribution in [2.24, 2.45) is 0 Å². The summed E-state index contributed by atoms with van der Waals surface area (Å²) in [5.41, 5.74) is 1.17. The first-order valence-corrected chi connectivity index (χ1v) is 5.58. The van der Waals surface area contributed by atoms with Crippen molar-refractivity contribution < 1.29 is 19.7 Å². The molecule has 0 bridgehead atoms. The van der Waals surface area contributed by atoms with Gasteiger partial charge in [-0.1, -0.05) is 12.1 Å². The molecule has 0 radical (unpaired) electrons. The first-order chi connectivity index (χ1) is 8.03. The van der Waals surface area contributed by atoms with Gasteiger partial charge in [-0.3, -0.25) is 0 Å². The summed E-state index contributed by atoms with van der Waals surface area (Å²) in [4.78, 5) is 10.9. The topological polar surface area (TPSA) is 66.8 Å². The number of aliphatic carboxylic acids is 1. The van der Waals surface area contributed by atoms with E-state index in [1.165, 1.54) is 0 Å². The molecule has 1 saturated carbocycles. The van der Waals surface area contributed by atoms with Crippen molar-refractivity contribution in [1.82, 2.24) is 0 Å². The lowest BCUT2D eigenvalue weighted by molar-refractivity contribution is -0.148. The molecule has 1 aliphatic rings. The molecule has 1 unspecified atom stereocenters. The van der Waals surface area contributed by atoms with Gasteiger partial charge in [0.1, 0.15) is 5.75 Å². The number of methoxy groups -OCH3 is 1. The summed E-state index contributed by atoms with van der Waals surface area (Å²) < 4.78 is 5.22. The van der Waals surface area contributed by atoms with Crippen molar-refractivity contribution in [1.29, 1.82) is 0 Å². The molecule has 0 heterocycles. The van der Waals surface area contributed by atoms with Crippen LogP contribution in [0.4, 0.5) is 0 Å². The number of ether oxygens (including phenoxy) is 1. The highest BCUT2D eigenvalue weighted by Gasteiger charge is 2.54. The maximum Gasteiger partial charge on any atom is 0.333 e. The minimum Gasteiger partial charge on any atom is -0.496 e. The van der Waals surface area contributed by atoms with Crippen LogP contribution >= 0.6 is 0 Å². The predicted octanol–water partition coefficient (Wildman–Crippen LogP) is 1.48. The summed E-state index contributed by atoms with van der Waals surface area (Å²) in [7, 11) is 1.58. The van der Waals surface area contributed by atoms with Gasteiger partial charge in [0.15, 0.2) is 6.10 Å². The summed E-state index contributed by atoms with van der Waals surface area (Å²) in [6.45, 7) is 1.89. The van der Waals surface area contributed by atoms with Crippen molar-refractivity contribution in [2.75, 3.05) is 7.11 Å². The first-order valence-electron chi connectivity index (χ1n) is 5.58. The van der Waals surface area contributed by atoms with E-state index in [1.54, 1.807) is 7.11 Å². The third-order valence-electron chi connectivity index (χ3n) is 3.59. The lowest BCUT2D eigenvalue weighted by Crippen LogP contribution is -2.34. The van der Waals surface area contributed by atoms with Crippen LogP contribution in [0.25, 0.3) is 0 Å². The van der Waals surface area contributed by atoms with Crippen LogP contribution in [0, 0.1) is 6.92 Å². The lowest BCUT2D eigenvalue weighted by Gasteiger charge is -2.22. The van der Waals surface area contributed by atoms with Crippen LogP contribution in [-0.2, 0) is 10.2 Å². The number of hydrogen-bond donors (Lipinski definition) is 2. The van der Waals surface area contributed by atoms with Crippen LogP contribution in [-0.4, -0.2) is 29.4 Å². The molecule has 2 rings (SSSR count). The zero-order chi connectivity index (χ0) is 12.6. The van der Waals surface area contributed by atoms with Crippen molar-refractivity contribution in [2.45, 2.75) is 31.3 Å². The molecule has 1 atom stereocenters. The molecule has 2 N–H and O–H groups in total. The Morgan fingerprint density at radius 2 is 2.12 bits per heavy atom. The highest BCUT2D eigenvalue weighted by atomic mass is 16.5. The van der Waals surface area contributed by atoms with Gasteiger partial charge in [-0.2, -0.15) is 0 Å². The van der Waals surface area contributed by atoms with Gasteiger partial charge in [0.2, 0.25) is 0 Å². The van der Waals surface area contributed by atoms with Crippen LogP contribution in [0.15, 0.2) is 18.2 Å². The molecular weight excluding hydrogens is 220 g/mol. The third-order valence-corrected chi connectivity index (χ3v) is 3.59. The van der Waals surface area contributed by atoms with Crippen molar-refractivity contribution in [3.05, 3.63) is 29.3 Å². The molecule has 0 aliphatic heterocycles. The van der Waals surface area contributed by atoms with Crippen molar-refractivity contribution >= 4 is 5.97 Å². The second-order valence-corrected chi connectivity index (χ2v) is 4.53. The highest BCUT2D eigenvalue weighted by molar-refractivity contribution is 5.76. The Morgan fingerprint density at radius 3 is 2.59 bits per heavy atom. The van der Waals surface area contributed by atoms with Crippen LogP contribution in [0.2, 0.25) is 0 Å². The number of hydrogen-bond acceptors (Lipinski definition) is 3. The van der Waals surface area contributed by atoms with E-state index in [0.717, 1.165) is 16.9 Å². The molecule has 17 heavy (non-hydrogen) atoms. The highest BCUT2D eigenvalue weighted by Crippen LogP contribution is 2.53. The monoisotopic (exact) mass is 236 g/mol. The van der Waals surface area contributed by atoms with Gasteiger partial charge in [-0.25, -0.2) is 4.79 Å². The summed E-state index contributed by atoms with van der Waals surface area (Å²) in [5, 5.41) is 18.8. The summed E-state index contributed by atoms with van der Waals surface area (Å²) in [5.74, 6) is -0.434. The van der Waals surface area contributed by atoms with E-state index < -0.39 is 17.5 Å². The van der Waals surface area contributed by atoms with Gasteiger partial charge in [-0.05, 0) is 37.0 Å². The summed E-state index contributed by atoms with van der Waals surface area (Å²) >= 11 is 0. The molecule has 0 saturated heterocycles. The Bertz CT molecular complexity index is 449. The average Bonchev–Trinajstić information content (AvgIpc) is 3.09. The normalized spacial score (nSPS) is 18.5. The van der Waals surface area contributed by atoms with E-state index in [1.807, 2.05) is 25.1 Å². The predicted molar refractivity (Wildman–Crippen MR) is 62.3 cm³/mol. The second kappa shape index (κ2) is 4.04. The zero-order valence-electron chi connectivity index (χ0n) is 9.93. The number of rotatable bonds is 4. The Kier molecular flexibility index (Phi) is 2.83. The Labute approximate surface area is 99.8 Å². The number of aliphatic hydroxyl groups excluding tert-OH is 1. The standard InChI is InChI=1S/C13H16O4/c1-8-9(4-3-5-10(8)17-2)13(6-7-13)11(14)12(15)16/h3-5,11,14H,6-7H2,1-2H3,(H,15,16). The van der Waals surface area contributed by atoms with Gasteiger partial charge in [0, 0.05) is 5.41 Å². The molecule has 1 aliphatic carbocycles. The average molecular weight is 236 g/mol. The molecule has 1 aromatic carbocycles. The molecule has 0 spiro atoms. The summed E-state index contributed by atoms with van der Waals surface area (Å²) in [6.07, 6.45) is 0.0662. The van der Waals surface area contributed by atoms with Crippen molar-refractivity contribution in [3.63, 3.8) is 0 Å². The molecular formula is C13H16O4. The van der Waals surface area contributed by atoms with E-state index in [2.05, 4.69) is 0 Å². The Morgan fingerprint density at radius 1 is 1.47 bits per heavy atom. The molecule has 1 fully saturated rings. The molecule has 1 aromatic rings. The van der Waals surface area contributed by atoms with E-state index in [-0.39, 0.29) is 0 Å². The Balaban J connectivity index is 2.44. The maximum atomic E-state index is 10.9. The second-order valence-electron chi connectivity index (χ2n) is 4.53. The van der Waals surface area contributed by atoms with Gasteiger partial charge < -0.3 is 14.9 Å². The van der Waals surface area contributed by atoms with Gasteiger partial charge in [-0.15, -0.1) is 0 Å². The fraction of sp³-hybridized carbons (Fsp3) is 0.462. The van der Waals surface area contributed by atoms with Crippen molar-refractivity contribution in [3.8, 4) is 5.75 Å². The quantitative estimate of drug-likeness (QED) is 0.831. The SMILES string of the molecule is COc1cccc(C2(C(O)C(=O)O)CC2)c1C. The van der Waals surface area contributed by atoms with E-state index in [9.17, 15) is 9.90 Å². The number of carbonyl (C=O) groups is 1. The molecule has 92 valence electrons. The minimum absolute atomic E-state index is 0.621. The zero-order valence-corrected chi connectivity index (χ0v) is 9.93. The van der Waals surface area contributed by atoms with Crippen LogP contribution in [0.1, 0.15) is 24.0 Å². The number of benzene rings is 1. The van der Waals surface area contributed by atoms with E-state index >= 15 is 0 Å². The van der Waals surface area contributed by atoms with E-state index in [4.69, 9.17) is 9.84 Å². The lowest BCUT2D eigenvalue weighted by atomic mass is 9.86. The molecule has 4 nitrogen and oxygen atoms in total. The van der Waals surface area contributed by atoms with Gasteiger partial charge >= 0.3 is 5.97 Å². The minimum atomic E-state index is -1.34. The fourth-order valence-electron chi connectivity index (χ4n) is 2.44. The van der Waals surface area contributed by atoms with Gasteiger partial charge in [0.05, 0.1) is 7.11 Å². The van der Waals surface area contributed by atoms with E-state index in [0.29, 0.717) is 12.8 Å². The first kappa shape index (κ1) is 11.9. The van der Waals surface area contributed by atoms with Crippen LogP contribution in [0.3, 0.4) is 0 Å². The number of carboxylic acids is 1. The summed E-state index contributed by atoms with van der Waals surface area (Å²) in [6, 6.07) is 5.54. The molecule has 0 aromatic heterocycles. The molecule has 4 heteroatoms. The maximum absolute atomic E-state index is 10.9. The van der Waals surface area contributed by atoms with Crippen LogP contribution in [0.5, 0.6) is 5.75 Å². The fourth-order valence-corrected chi connectivity index (χ4v) is 2.44. The number of aliphatic hydroxyl groups is 1. The smallest absolute Gasteiger partial charge is 0.333 e.